The van der Waals surface area contributed by atoms with Crippen molar-refractivity contribution in [1.29, 1.82) is 5.26 Å². The van der Waals surface area contributed by atoms with Crippen molar-refractivity contribution in [1.82, 2.24) is 5.32 Å². The average molecular weight is 431 g/mol. The Morgan fingerprint density at radius 3 is 2.28 bits per heavy atom. The number of benzene rings is 2. The summed E-state index contributed by atoms with van der Waals surface area (Å²) in [6.07, 6.45) is 8.04. The van der Waals surface area contributed by atoms with Gasteiger partial charge < -0.3 is 16.0 Å². The summed E-state index contributed by atoms with van der Waals surface area (Å²) in [5, 5.41) is 12.9. The highest BCUT2D eigenvalue weighted by atomic mass is 16.2. The molecule has 32 heavy (non-hydrogen) atoms. The first-order chi connectivity index (χ1) is 15.6. The van der Waals surface area contributed by atoms with Crippen LogP contribution in [0.5, 0.6) is 0 Å². The second-order valence-electron chi connectivity index (χ2n) is 9.43. The second kappa shape index (κ2) is 10.2. The summed E-state index contributed by atoms with van der Waals surface area (Å²) in [6, 6.07) is 20.8. The van der Waals surface area contributed by atoms with Gasteiger partial charge in [0.05, 0.1) is 12.1 Å². The summed E-state index contributed by atoms with van der Waals surface area (Å²) in [7, 11) is 0. The molecule has 0 bridgehead atoms. The molecule has 1 aliphatic heterocycles. The zero-order valence-electron chi connectivity index (χ0n) is 18.8. The fourth-order valence-electron chi connectivity index (χ4n) is 5.12. The largest absolute Gasteiger partial charge is 0.371 e. The van der Waals surface area contributed by atoms with Crippen LogP contribution in [0.4, 0.5) is 5.69 Å². The standard InChI is InChI=1S/C27H34N4O/c28-20-27(30-26(32)25(29)19-21-7-3-1-4-8-21)15-17-31(18-16-27)24-13-11-23(12-14-24)22-9-5-2-6-10-22/h2,5-6,9-14,21,25H,1,3-4,7-8,15-19,29H2,(H,30,32). The third-order valence-corrected chi connectivity index (χ3v) is 7.18. The molecule has 1 aliphatic carbocycles. The van der Waals surface area contributed by atoms with Crippen molar-refractivity contribution in [2.75, 3.05) is 18.0 Å². The molecule has 5 heteroatoms. The van der Waals surface area contributed by atoms with Crippen LogP contribution in [0.15, 0.2) is 54.6 Å². The lowest BCUT2D eigenvalue weighted by atomic mass is 9.84. The monoisotopic (exact) mass is 430 g/mol. The lowest BCUT2D eigenvalue weighted by molar-refractivity contribution is -0.124. The minimum Gasteiger partial charge on any atom is -0.371 e. The molecule has 0 aromatic heterocycles. The molecule has 2 aromatic rings. The smallest absolute Gasteiger partial charge is 0.238 e. The van der Waals surface area contributed by atoms with Crippen molar-refractivity contribution < 1.29 is 4.79 Å². The molecule has 5 nitrogen and oxygen atoms in total. The average Bonchev–Trinajstić information content (AvgIpc) is 2.86. The molecule has 4 rings (SSSR count). The van der Waals surface area contributed by atoms with E-state index in [0.717, 1.165) is 25.2 Å². The fraction of sp³-hybridized carbons (Fsp3) is 0.481. The molecule has 1 amide bonds. The van der Waals surface area contributed by atoms with Gasteiger partial charge in [0.1, 0.15) is 5.54 Å². The minimum atomic E-state index is -0.818. The summed E-state index contributed by atoms with van der Waals surface area (Å²) in [6.45, 7) is 1.47. The number of rotatable bonds is 6. The Kier molecular flexibility index (Phi) is 7.12. The number of nitrogens with one attached hydrogen (secondary N) is 1. The van der Waals surface area contributed by atoms with E-state index >= 15 is 0 Å². The molecule has 3 N–H and O–H groups in total. The topological polar surface area (TPSA) is 82.1 Å². The van der Waals surface area contributed by atoms with Crippen molar-refractivity contribution in [3.63, 3.8) is 0 Å². The predicted molar refractivity (Wildman–Crippen MR) is 129 cm³/mol. The SMILES string of the molecule is N#CC1(NC(=O)C(N)CC2CCCCC2)CCN(c2ccc(-c3ccccc3)cc2)CC1. The highest BCUT2D eigenvalue weighted by Crippen LogP contribution is 2.30. The first kappa shape index (κ1) is 22.4. The van der Waals surface area contributed by atoms with E-state index in [0.29, 0.717) is 18.8 Å². The van der Waals surface area contributed by atoms with E-state index in [-0.39, 0.29) is 5.91 Å². The van der Waals surface area contributed by atoms with Gasteiger partial charge in [0.25, 0.3) is 0 Å². The number of hydrogen-bond acceptors (Lipinski definition) is 4. The molecular weight excluding hydrogens is 396 g/mol. The lowest BCUT2D eigenvalue weighted by Gasteiger charge is -2.39. The zero-order valence-corrected chi connectivity index (χ0v) is 18.8. The number of piperidine rings is 1. The summed E-state index contributed by atoms with van der Waals surface area (Å²) >= 11 is 0. The van der Waals surface area contributed by atoms with Crippen LogP contribution in [0, 0.1) is 17.2 Å². The first-order valence-electron chi connectivity index (χ1n) is 12.0. The maximum Gasteiger partial charge on any atom is 0.238 e. The molecule has 1 saturated carbocycles. The van der Waals surface area contributed by atoms with Gasteiger partial charge in [-0.2, -0.15) is 5.26 Å². The van der Waals surface area contributed by atoms with Crippen LogP contribution in [0.3, 0.4) is 0 Å². The maximum absolute atomic E-state index is 12.8. The van der Waals surface area contributed by atoms with Crippen LogP contribution in [0.2, 0.25) is 0 Å². The van der Waals surface area contributed by atoms with Crippen LogP contribution in [0.1, 0.15) is 51.4 Å². The number of nitriles is 1. The van der Waals surface area contributed by atoms with Gasteiger partial charge in [-0.1, -0.05) is 74.6 Å². The van der Waals surface area contributed by atoms with E-state index in [1.807, 2.05) is 18.2 Å². The quantitative estimate of drug-likeness (QED) is 0.700. The van der Waals surface area contributed by atoms with E-state index in [2.05, 4.69) is 52.7 Å². The molecule has 168 valence electrons. The van der Waals surface area contributed by atoms with E-state index < -0.39 is 11.6 Å². The normalized spacial score (nSPS) is 19.7. The molecule has 2 aromatic carbocycles. The van der Waals surface area contributed by atoms with Crippen molar-refractivity contribution in [3.8, 4) is 17.2 Å². The highest BCUT2D eigenvalue weighted by Gasteiger charge is 2.37. The first-order valence-corrected chi connectivity index (χ1v) is 12.0. The van der Waals surface area contributed by atoms with Gasteiger partial charge in [-0.05, 0) is 35.6 Å². The third-order valence-electron chi connectivity index (χ3n) is 7.18. The molecule has 1 saturated heterocycles. The molecular formula is C27H34N4O. The molecule has 0 spiro atoms. The number of nitrogens with zero attached hydrogens (tertiary/aromatic N) is 2. The van der Waals surface area contributed by atoms with Crippen LogP contribution in [0.25, 0.3) is 11.1 Å². The second-order valence-corrected chi connectivity index (χ2v) is 9.43. The van der Waals surface area contributed by atoms with Crippen LogP contribution in [-0.4, -0.2) is 30.6 Å². The number of carbonyl (C=O) groups is 1. The Hall–Kier alpha value is -2.84. The van der Waals surface area contributed by atoms with E-state index in [1.165, 1.54) is 43.2 Å². The summed E-state index contributed by atoms with van der Waals surface area (Å²) < 4.78 is 0. The van der Waals surface area contributed by atoms with Crippen molar-refractivity contribution in [2.45, 2.75) is 62.9 Å². The fourth-order valence-corrected chi connectivity index (χ4v) is 5.12. The summed E-state index contributed by atoms with van der Waals surface area (Å²) in [5.74, 6) is 0.376. The zero-order chi connectivity index (χ0) is 22.4. The summed E-state index contributed by atoms with van der Waals surface area (Å²) in [5.41, 5.74) is 8.95. The molecule has 2 aliphatic rings. The van der Waals surface area contributed by atoms with E-state index in [1.54, 1.807) is 0 Å². The number of hydrogen-bond donors (Lipinski definition) is 2. The number of carbonyl (C=O) groups excluding carboxylic acids is 1. The third kappa shape index (κ3) is 5.31. The van der Waals surface area contributed by atoms with Crippen LogP contribution in [-0.2, 0) is 4.79 Å². The molecule has 1 unspecified atom stereocenters. The molecule has 1 atom stereocenters. The van der Waals surface area contributed by atoms with Gasteiger partial charge in [0, 0.05) is 31.6 Å². The van der Waals surface area contributed by atoms with E-state index in [9.17, 15) is 10.1 Å². The van der Waals surface area contributed by atoms with E-state index in [4.69, 9.17) is 5.73 Å². The van der Waals surface area contributed by atoms with Crippen molar-refractivity contribution >= 4 is 11.6 Å². The number of anilines is 1. The van der Waals surface area contributed by atoms with Gasteiger partial charge in [0.15, 0.2) is 0 Å². The number of amides is 1. The Bertz CT molecular complexity index is 920. The Morgan fingerprint density at radius 1 is 1.03 bits per heavy atom. The maximum atomic E-state index is 12.8. The Labute approximate surface area is 191 Å². The van der Waals surface area contributed by atoms with Gasteiger partial charge in [-0.25, -0.2) is 0 Å². The molecule has 2 fully saturated rings. The predicted octanol–water partition coefficient (Wildman–Crippen LogP) is 4.63. The van der Waals surface area contributed by atoms with Gasteiger partial charge >= 0.3 is 0 Å². The minimum absolute atomic E-state index is 0.169. The highest BCUT2D eigenvalue weighted by molar-refractivity contribution is 5.82. The van der Waals surface area contributed by atoms with Crippen molar-refractivity contribution in [2.24, 2.45) is 11.7 Å². The van der Waals surface area contributed by atoms with Crippen LogP contribution < -0.4 is 16.0 Å². The summed E-state index contributed by atoms with van der Waals surface area (Å²) in [4.78, 5) is 15.1. The van der Waals surface area contributed by atoms with Crippen LogP contribution >= 0.6 is 0 Å². The molecule has 0 radical (unpaired) electrons. The number of nitrogens with two attached hydrogens (primary N) is 1. The van der Waals surface area contributed by atoms with Crippen molar-refractivity contribution in [3.05, 3.63) is 54.6 Å². The lowest BCUT2D eigenvalue weighted by Crippen LogP contribution is -2.58. The van der Waals surface area contributed by atoms with Gasteiger partial charge in [0.2, 0.25) is 5.91 Å². The Balaban J connectivity index is 1.32. The van der Waals surface area contributed by atoms with Gasteiger partial charge in [-0.15, -0.1) is 0 Å². The van der Waals surface area contributed by atoms with Gasteiger partial charge in [-0.3, -0.25) is 4.79 Å². The Morgan fingerprint density at radius 2 is 1.66 bits per heavy atom. The molecule has 1 heterocycles.